The summed E-state index contributed by atoms with van der Waals surface area (Å²) in [6.07, 6.45) is 1.38. The van der Waals surface area contributed by atoms with Crippen LogP contribution in [-0.2, 0) is 14.3 Å². The Hall–Kier alpha value is -0.680. The molecule has 0 aliphatic carbocycles. The van der Waals surface area contributed by atoms with Crippen LogP contribution in [0.1, 0.15) is 26.7 Å². The number of hydrogen-bond acceptors (Lipinski definition) is 4. The molecular formula is C12H21NO3S. The molecule has 1 aliphatic heterocycles. The number of morpholine rings is 1. The summed E-state index contributed by atoms with van der Waals surface area (Å²) in [5, 5.41) is 0. The summed E-state index contributed by atoms with van der Waals surface area (Å²) in [5.74, 6) is -0.240. The molecule has 0 aromatic rings. The lowest BCUT2D eigenvalue weighted by molar-refractivity contribution is -0.147. The highest BCUT2D eigenvalue weighted by molar-refractivity contribution is 7.80. The molecule has 0 spiro atoms. The van der Waals surface area contributed by atoms with Gasteiger partial charge in [0.05, 0.1) is 30.7 Å². The van der Waals surface area contributed by atoms with Gasteiger partial charge in [-0.15, -0.1) is 0 Å². The Morgan fingerprint density at radius 1 is 1.41 bits per heavy atom. The number of thiocarbonyl (C=S) groups is 1. The maximum absolute atomic E-state index is 11.7. The van der Waals surface area contributed by atoms with Gasteiger partial charge in [0.25, 0.3) is 0 Å². The molecule has 0 aromatic carbocycles. The molecule has 0 radical (unpaired) electrons. The number of rotatable bonds is 5. The Kier molecular flexibility index (Phi) is 6.44. The van der Waals surface area contributed by atoms with Crippen molar-refractivity contribution in [3.8, 4) is 0 Å². The van der Waals surface area contributed by atoms with Gasteiger partial charge in [0.1, 0.15) is 0 Å². The fourth-order valence-electron chi connectivity index (χ4n) is 1.81. The zero-order chi connectivity index (χ0) is 12.7. The Morgan fingerprint density at radius 2 is 2.06 bits per heavy atom. The number of nitrogens with zero attached hydrogens (tertiary/aromatic N) is 1. The molecule has 0 aromatic heterocycles. The van der Waals surface area contributed by atoms with Gasteiger partial charge in [-0.2, -0.15) is 0 Å². The summed E-state index contributed by atoms with van der Waals surface area (Å²) in [7, 11) is 0. The Morgan fingerprint density at radius 3 is 2.59 bits per heavy atom. The molecule has 1 heterocycles. The van der Waals surface area contributed by atoms with E-state index in [1.165, 1.54) is 0 Å². The van der Waals surface area contributed by atoms with Crippen molar-refractivity contribution in [3.05, 3.63) is 0 Å². The highest BCUT2D eigenvalue weighted by Crippen LogP contribution is 2.14. The van der Waals surface area contributed by atoms with Crippen molar-refractivity contribution in [3.63, 3.8) is 0 Å². The van der Waals surface area contributed by atoms with E-state index in [1.54, 1.807) is 0 Å². The molecule has 98 valence electrons. The van der Waals surface area contributed by atoms with Crippen molar-refractivity contribution in [2.75, 3.05) is 32.9 Å². The summed E-state index contributed by atoms with van der Waals surface area (Å²) in [6.45, 7) is 7.34. The number of hydrogen-bond donors (Lipinski definition) is 0. The number of carbonyl (C=O) groups excluding carboxylic acids is 1. The van der Waals surface area contributed by atoms with Crippen molar-refractivity contribution in [2.24, 2.45) is 5.92 Å². The molecule has 0 N–H and O–H groups in total. The van der Waals surface area contributed by atoms with Gasteiger partial charge < -0.3 is 14.4 Å². The van der Waals surface area contributed by atoms with Crippen molar-refractivity contribution in [1.82, 2.24) is 4.90 Å². The monoisotopic (exact) mass is 259 g/mol. The van der Waals surface area contributed by atoms with Crippen LogP contribution in [0.25, 0.3) is 0 Å². The van der Waals surface area contributed by atoms with E-state index in [0.29, 0.717) is 13.0 Å². The average molecular weight is 259 g/mol. The van der Waals surface area contributed by atoms with E-state index in [1.807, 2.05) is 13.8 Å². The predicted octanol–water partition coefficient (Wildman–Crippen LogP) is 1.63. The molecule has 1 unspecified atom stereocenters. The highest BCUT2D eigenvalue weighted by atomic mass is 32.1. The minimum Gasteiger partial charge on any atom is -0.466 e. The van der Waals surface area contributed by atoms with Crippen LogP contribution in [0.3, 0.4) is 0 Å². The number of carbonyl (C=O) groups is 1. The molecule has 17 heavy (non-hydrogen) atoms. The smallest absolute Gasteiger partial charge is 0.309 e. The lowest BCUT2D eigenvalue weighted by atomic mass is 10.0. The Balaban J connectivity index is 2.43. The van der Waals surface area contributed by atoms with Gasteiger partial charge in [0, 0.05) is 19.5 Å². The van der Waals surface area contributed by atoms with Gasteiger partial charge in [0.15, 0.2) is 0 Å². The lowest BCUT2D eigenvalue weighted by Gasteiger charge is -2.30. The largest absolute Gasteiger partial charge is 0.466 e. The topological polar surface area (TPSA) is 38.8 Å². The standard InChI is InChI=1S/C12H21NO3S/c1-3-10(12(14)16-4-2)9-11(17)13-5-7-15-8-6-13/h10H,3-9H2,1-2H3. The van der Waals surface area contributed by atoms with Gasteiger partial charge in [-0.25, -0.2) is 0 Å². The second kappa shape index (κ2) is 7.61. The minimum absolute atomic E-state index is 0.106. The molecule has 0 saturated carbocycles. The summed E-state index contributed by atoms with van der Waals surface area (Å²) in [6, 6.07) is 0. The van der Waals surface area contributed by atoms with Crippen LogP contribution >= 0.6 is 12.2 Å². The molecule has 1 fully saturated rings. The van der Waals surface area contributed by atoms with Gasteiger partial charge in [-0.3, -0.25) is 4.79 Å². The molecule has 4 nitrogen and oxygen atoms in total. The third-order valence-corrected chi connectivity index (χ3v) is 3.32. The van der Waals surface area contributed by atoms with Crippen molar-refractivity contribution < 1.29 is 14.3 Å². The van der Waals surface area contributed by atoms with Gasteiger partial charge in [-0.1, -0.05) is 19.1 Å². The zero-order valence-corrected chi connectivity index (χ0v) is 11.4. The third-order valence-electron chi connectivity index (χ3n) is 2.90. The molecule has 1 atom stereocenters. The highest BCUT2D eigenvalue weighted by Gasteiger charge is 2.22. The van der Waals surface area contributed by atoms with Crippen LogP contribution in [0.4, 0.5) is 0 Å². The van der Waals surface area contributed by atoms with E-state index in [0.717, 1.165) is 37.7 Å². The third kappa shape index (κ3) is 4.60. The normalized spacial score (nSPS) is 17.6. The number of esters is 1. The molecular weight excluding hydrogens is 238 g/mol. The Labute approximate surface area is 108 Å². The summed E-state index contributed by atoms with van der Waals surface area (Å²) in [5.41, 5.74) is 0. The maximum Gasteiger partial charge on any atom is 0.309 e. The molecule has 1 aliphatic rings. The lowest BCUT2D eigenvalue weighted by Crippen LogP contribution is -2.41. The van der Waals surface area contributed by atoms with Gasteiger partial charge in [-0.05, 0) is 13.3 Å². The first-order valence-electron chi connectivity index (χ1n) is 6.21. The number of ether oxygens (including phenoxy) is 2. The van der Waals surface area contributed by atoms with E-state index in [4.69, 9.17) is 21.7 Å². The second-order valence-electron chi connectivity index (χ2n) is 4.05. The summed E-state index contributed by atoms with van der Waals surface area (Å²) >= 11 is 5.38. The fraction of sp³-hybridized carbons (Fsp3) is 0.833. The predicted molar refractivity (Wildman–Crippen MR) is 70.0 cm³/mol. The first-order valence-corrected chi connectivity index (χ1v) is 6.62. The van der Waals surface area contributed by atoms with E-state index in [-0.39, 0.29) is 11.9 Å². The molecule has 1 saturated heterocycles. The van der Waals surface area contributed by atoms with Crippen LogP contribution < -0.4 is 0 Å². The fourth-order valence-corrected chi connectivity index (χ4v) is 2.19. The van der Waals surface area contributed by atoms with Crippen LogP contribution in [0.2, 0.25) is 0 Å². The molecule has 0 bridgehead atoms. The van der Waals surface area contributed by atoms with E-state index < -0.39 is 0 Å². The van der Waals surface area contributed by atoms with Crippen LogP contribution in [-0.4, -0.2) is 48.8 Å². The van der Waals surface area contributed by atoms with Crippen molar-refractivity contribution in [2.45, 2.75) is 26.7 Å². The minimum atomic E-state index is -0.134. The van der Waals surface area contributed by atoms with E-state index in [9.17, 15) is 4.79 Å². The molecule has 0 amide bonds. The first-order chi connectivity index (χ1) is 8.19. The van der Waals surface area contributed by atoms with E-state index in [2.05, 4.69) is 4.90 Å². The SMILES string of the molecule is CCOC(=O)C(CC)CC(=S)N1CCOCC1. The van der Waals surface area contributed by atoms with E-state index >= 15 is 0 Å². The molecule has 5 heteroatoms. The maximum atomic E-state index is 11.7. The quantitative estimate of drug-likeness (QED) is 0.554. The summed E-state index contributed by atoms with van der Waals surface area (Å²) in [4.78, 5) is 14.6. The second-order valence-corrected chi connectivity index (χ2v) is 4.53. The van der Waals surface area contributed by atoms with Crippen LogP contribution in [0.15, 0.2) is 0 Å². The zero-order valence-electron chi connectivity index (χ0n) is 10.6. The Bertz CT molecular complexity index is 264. The molecule has 1 rings (SSSR count). The van der Waals surface area contributed by atoms with Gasteiger partial charge in [0.2, 0.25) is 0 Å². The van der Waals surface area contributed by atoms with Gasteiger partial charge >= 0.3 is 5.97 Å². The summed E-state index contributed by atoms with van der Waals surface area (Å²) < 4.78 is 10.3. The van der Waals surface area contributed by atoms with Crippen LogP contribution in [0, 0.1) is 5.92 Å². The average Bonchev–Trinajstić information content (AvgIpc) is 2.37. The van der Waals surface area contributed by atoms with Crippen LogP contribution in [0.5, 0.6) is 0 Å². The first kappa shape index (κ1) is 14.4. The van der Waals surface area contributed by atoms with Crippen molar-refractivity contribution >= 4 is 23.2 Å². The van der Waals surface area contributed by atoms with Crippen molar-refractivity contribution in [1.29, 1.82) is 0 Å².